The second-order valence-electron chi connectivity index (χ2n) is 11.5. The summed E-state index contributed by atoms with van der Waals surface area (Å²) < 4.78 is 10.1. The van der Waals surface area contributed by atoms with Crippen LogP contribution in [-0.4, -0.2) is 19.5 Å². The molecule has 0 aliphatic heterocycles. The van der Waals surface area contributed by atoms with E-state index in [4.69, 9.17) is 14.4 Å². The van der Waals surface area contributed by atoms with Gasteiger partial charge in [-0.3, -0.25) is 9.38 Å². The molecule has 4 aromatic carbocycles. The van der Waals surface area contributed by atoms with Crippen molar-refractivity contribution in [3.8, 4) is 27.6 Å². The number of pyridine rings is 1. The van der Waals surface area contributed by atoms with E-state index in [9.17, 15) is 5.11 Å². The molecule has 1 radical (unpaired) electrons. The van der Waals surface area contributed by atoms with Crippen LogP contribution in [0.4, 0.5) is 0 Å². The molecule has 0 spiro atoms. The van der Waals surface area contributed by atoms with Crippen molar-refractivity contribution in [1.82, 2.24) is 14.4 Å². The summed E-state index contributed by atoms with van der Waals surface area (Å²) in [5.74, 6) is 0.203. The van der Waals surface area contributed by atoms with Gasteiger partial charge in [0.15, 0.2) is 0 Å². The van der Waals surface area contributed by atoms with Crippen LogP contribution in [0.15, 0.2) is 102 Å². The second kappa shape index (κ2) is 11.6. The summed E-state index contributed by atoms with van der Waals surface area (Å²) in [6, 6.07) is 31.9. The summed E-state index contributed by atoms with van der Waals surface area (Å²) in [4.78, 5) is 9.62. The van der Waals surface area contributed by atoms with E-state index in [1.54, 1.807) is 38.6 Å². The maximum absolute atomic E-state index is 9.66. The third-order valence-electron chi connectivity index (χ3n) is 7.36. The van der Waals surface area contributed by atoms with Crippen LogP contribution < -0.4 is 4.57 Å². The van der Waals surface area contributed by atoms with Crippen molar-refractivity contribution in [2.75, 3.05) is 0 Å². The van der Waals surface area contributed by atoms with Gasteiger partial charge in [-0.1, -0.05) is 86.3 Å². The summed E-state index contributed by atoms with van der Waals surface area (Å²) >= 11 is 1.70. The van der Waals surface area contributed by atoms with E-state index in [1.807, 2.05) is 43.6 Å². The van der Waals surface area contributed by atoms with Gasteiger partial charge < -0.3 is 14.1 Å². The number of fused-ring (bicyclic) bond motifs is 5. The molecule has 0 atom stereocenters. The van der Waals surface area contributed by atoms with Gasteiger partial charge in [0.2, 0.25) is 12.0 Å². The van der Waals surface area contributed by atoms with Gasteiger partial charge >= 0.3 is 0 Å². The van der Waals surface area contributed by atoms with E-state index in [0.29, 0.717) is 16.8 Å². The first-order chi connectivity index (χ1) is 20.8. The van der Waals surface area contributed by atoms with Gasteiger partial charge in [-0.2, -0.15) is 0 Å². The number of rotatable bonds is 2. The smallest absolute Gasteiger partial charge is 0.246 e. The van der Waals surface area contributed by atoms with Crippen LogP contribution in [-0.2, 0) is 32.6 Å². The first-order valence-corrected chi connectivity index (χ1v) is 14.9. The van der Waals surface area contributed by atoms with Crippen LogP contribution in [0.1, 0.15) is 26.3 Å². The van der Waals surface area contributed by atoms with Crippen molar-refractivity contribution < 1.29 is 34.2 Å². The summed E-state index contributed by atoms with van der Waals surface area (Å²) in [5, 5.41) is 13.1. The van der Waals surface area contributed by atoms with E-state index in [0.717, 1.165) is 37.4 Å². The number of phenolic OH excluding ortho intramolecular Hbond substituents is 1. The van der Waals surface area contributed by atoms with E-state index in [-0.39, 0.29) is 31.3 Å². The Labute approximate surface area is 272 Å². The van der Waals surface area contributed by atoms with Crippen LogP contribution >= 0.6 is 11.3 Å². The van der Waals surface area contributed by atoms with Gasteiger partial charge in [-0.25, -0.2) is 4.98 Å². The molecule has 0 fully saturated rings. The first-order valence-electron chi connectivity index (χ1n) is 14.0. The minimum atomic E-state index is 0. The summed E-state index contributed by atoms with van der Waals surface area (Å²) in [6.45, 7) is 6.77. The number of hydrogen-bond acceptors (Lipinski definition) is 5. The number of imidazole rings is 1. The van der Waals surface area contributed by atoms with Crippen molar-refractivity contribution in [3.63, 3.8) is 0 Å². The molecule has 0 bridgehead atoms. The van der Waals surface area contributed by atoms with Crippen molar-refractivity contribution in [2.24, 2.45) is 7.05 Å². The fraction of sp³-hybridized carbons (Fsp3) is 0.139. The average molecular weight is 774 g/mol. The molecule has 8 rings (SSSR count). The Bertz CT molecular complexity index is 2260. The Hall–Kier alpha value is -4.36. The fourth-order valence-corrected chi connectivity index (χ4v) is 6.42. The van der Waals surface area contributed by atoms with E-state index < -0.39 is 0 Å². The summed E-state index contributed by atoms with van der Waals surface area (Å²) in [6.07, 6.45) is 6.66. The third-order valence-corrected chi connectivity index (χ3v) is 8.49. The van der Waals surface area contributed by atoms with Crippen LogP contribution in [0, 0.1) is 12.4 Å². The molecule has 1 N–H and O–H groups in total. The van der Waals surface area contributed by atoms with Gasteiger partial charge in [0.25, 0.3) is 0 Å². The summed E-state index contributed by atoms with van der Waals surface area (Å²) in [5.41, 5.74) is 7.44. The van der Waals surface area contributed by atoms with E-state index in [2.05, 4.69) is 75.6 Å². The zero-order chi connectivity index (χ0) is 29.7. The van der Waals surface area contributed by atoms with E-state index in [1.165, 1.54) is 10.9 Å². The number of nitrogens with zero attached hydrogens (tertiary/aromatic N) is 4. The molecule has 8 aromatic rings. The molecule has 0 saturated heterocycles. The number of benzene rings is 4. The van der Waals surface area contributed by atoms with Crippen molar-refractivity contribution in [1.29, 1.82) is 0 Å². The van der Waals surface area contributed by atoms with Crippen molar-refractivity contribution in [3.05, 3.63) is 115 Å². The number of thiazole rings is 1. The zero-order valence-corrected chi connectivity index (χ0v) is 27.8. The standard InChI is InChI=1S/C26H21N2S.C10H8N2O2.Ir/c1-26(2,3)21-16-19(15-18-11-7-8-12-20(18)21)23-24-22(13-14-27-23)28-25(29-24)17-9-5-4-6-10-17;1-11-5-9-12(6-11)10-7(13)3-2-4-8(10)14-9;/h4-14,16H,1-3H3;2-5,13H,1H3;/q-1;;. The molecule has 0 unspecified atom stereocenters. The van der Waals surface area contributed by atoms with Gasteiger partial charge in [-0.05, 0) is 23.6 Å². The molecule has 0 aliphatic carbocycles. The number of hydrogen-bond donors (Lipinski definition) is 1. The molecule has 4 heterocycles. The van der Waals surface area contributed by atoms with Crippen molar-refractivity contribution >= 4 is 49.1 Å². The van der Waals surface area contributed by atoms with Crippen LogP contribution in [0.2, 0.25) is 0 Å². The molecular weight excluding hydrogens is 745 g/mol. The molecular formula is C36H29IrN4O2S-. The SMILES string of the molecule is CC(C)(C)c1cc(-c2nccc3nc(-c4ccccc4)sc23)[c-]c2ccccc12.C[n+]1[c-]n2c(c1)oc1cccc(O)c12.[Ir]. The largest absolute Gasteiger partial charge is 0.513 e. The van der Waals surface area contributed by atoms with Crippen LogP contribution in [0.3, 0.4) is 0 Å². The Morgan fingerprint density at radius 2 is 1.73 bits per heavy atom. The van der Waals surface area contributed by atoms with Gasteiger partial charge in [0.05, 0.1) is 18.8 Å². The topological polar surface area (TPSA) is 67.4 Å². The first kappa shape index (κ1) is 29.7. The Kier molecular flexibility index (Phi) is 7.84. The minimum absolute atomic E-state index is 0. The van der Waals surface area contributed by atoms with Gasteiger partial charge in [0, 0.05) is 42.3 Å². The van der Waals surface area contributed by atoms with Crippen molar-refractivity contribution in [2.45, 2.75) is 26.2 Å². The number of oxazole rings is 1. The summed E-state index contributed by atoms with van der Waals surface area (Å²) in [7, 11) is 1.86. The molecule has 8 heteroatoms. The molecule has 0 amide bonds. The number of aromatic hydroxyl groups is 1. The number of aromatic nitrogens is 4. The normalized spacial score (nSPS) is 11.5. The molecule has 0 saturated carbocycles. The van der Waals surface area contributed by atoms with Gasteiger partial charge in [0.1, 0.15) is 21.9 Å². The minimum Gasteiger partial charge on any atom is -0.513 e. The van der Waals surface area contributed by atoms with E-state index >= 15 is 0 Å². The number of para-hydroxylation sites is 1. The zero-order valence-electron chi connectivity index (χ0n) is 24.6. The monoisotopic (exact) mass is 774 g/mol. The molecule has 0 aliphatic rings. The predicted octanol–water partition coefficient (Wildman–Crippen LogP) is 8.29. The maximum Gasteiger partial charge on any atom is 0.246 e. The predicted molar refractivity (Wildman–Crippen MR) is 172 cm³/mol. The fourth-order valence-electron chi connectivity index (χ4n) is 5.35. The molecule has 6 nitrogen and oxygen atoms in total. The Morgan fingerprint density at radius 3 is 2.52 bits per heavy atom. The second-order valence-corrected chi connectivity index (χ2v) is 12.5. The van der Waals surface area contributed by atoms with Crippen LogP contribution in [0.25, 0.3) is 59.6 Å². The molecule has 4 aromatic heterocycles. The van der Waals surface area contributed by atoms with Crippen LogP contribution in [0.5, 0.6) is 5.75 Å². The molecule has 221 valence electrons. The maximum atomic E-state index is 9.66. The number of phenols is 1. The molecule has 44 heavy (non-hydrogen) atoms. The van der Waals surface area contributed by atoms with Gasteiger partial charge in [-0.15, -0.1) is 40.5 Å². The third kappa shape index (κ3) is 5.41. The average Bonchev–Trinajstić information content (AvgIpc) is 3.69. The number of aryl methyl sites for hydroxylation is 1. The Morgan fingerprint density at radius 1 is 0.955 bits per heavy atom. The quantitative estimate of drug-likeness (QED) is 0.142. The Balaban J connectivity index is 0.000000191.